The van der Waals surface area contributed by atoms with Gasteiger partial charge in [-0.15, -0.1) is 0 Å². The van der Waals surface area contributed by atoms with Crippen molar-refractivity contribution in [3.05, 3.63) is 88.2 Å². The average Bonchev–Trinajstić information content (AvgIpc) is 3.01. The van der Waals surface area contributed by atoms with Crippen LogP contribution in [0.15, 0.2) is 47.4 Å². The molecule has 0 aliphatic carbocycles. The van der Waals surface area contributed by atoms with Gasteiger partial charge < -0.3 is 14.7 Å². The van der Waals surface area contributed by atoms with Gasteiger partial charge in [0.2, 0.25) is 21.7 Å². The third-order valence-electron chi connectivity index (χ3n) is 7.91. The predicted molar refractivity (Wildman–Crippen MR) is 146 cm³/mol. The Hall–Kier alpha value is -4.12. The number of carbonyl (C=O) groups is 2. The zero-order valence-electron chi connectivity index (χ0n) is 23.3. The van der Waals surface area contributed by atoms with E-state index >= 15 is 0 Å². The number of nitrogens with one attached hydrogen (secondary N) is 1. The second kappa shape index (κ2) is 12.7. The number of amides is 2. The van der Waals surface area contributed by atoms with E-state index in [4.69, 9.17) is 9.94 Å². The van der Waals surface area contributed by atoms with Crippen molar-refractivity contribution in [1.29, 1.82) is 0 Å². The molecule has 0 bridgehead atoms. The predicted octanol–water partition coefficient (Wildman–Crippen LogP) is 4.10. The lowest BCUT2D eigenvalue weighted by atomic mass is 9.91. The summed E-state index contributed by atoms with van der Waals surface area (Å²) in [6, 6.07) is 8.93. The first-order chi connectivity index (χ1) is 21.4. The summed E-state index contributed by atoms with van der Waals surface area (Å²) in [6.45, 7) is 0.570. The summed E-state index contributed by atoms with van der Waals surface area (Å²) in [6.07, 6.45) is 1.49. The molecule has 3 N–H and O–H groups in total. The first kappa shape index (κ1) is 32.3. The summed E-state index contributed by atoms with van der Waals surface area (Å²) in [7, 11) is -5.41. The number of hydroxylamine groups is 1. The number of benzene rings is 3. The lowest BCUT2D eigenvalue weighted by Crippen LogP contribution is -2.59. The Morgan fingerprint density at radius 2 is 1.51 bits per heavy atom. The molecule has 0 saturated carbocycles. The van der Waals surface area contributed by atoms with Crippen molar-refractivity contribution in [2.45, 2.75) is 42.7 Å². The number of ether oxygens (including phenoxy) is 1. The van der Waals surface area contributed by atoms with E-state index in [0.29, 0.717) is 23.1 Å². The van der Waals surface area contributed by atoms with Gasteiger partial charge in [0.15, 0.2) is 28.2 Å². The first-order valence-corrected chi connectivity index (χ1v) is 15.1. The Morgan fingerprint density at radius 1 is 0.911 bits per heavy atom. The van der Waals surface area contributed by atoms with Crippen LogP contribution in [-0.4, -0.2) is 60.7 Å². The van der Waals surface area contributed by atoms with Crippen LogP contribution in [0.3, 0.4) is 0 Å². The highest BCUT2D eigenvalue weighted by Crippen LogP contribution is 2.36. The molecule has 240 valence electrons. The summed E-state index contributed by atoms with van der Waals surface area (Å²) >= 11 is 0. The number of anilines is 1. The third-order valence-corrected chi connectivity index (χ3v) is 9.84. The van der Waals surface area contributed by atoms with E-state index in [1.807, 2.05) is 12.1 Å². The van der Waals surface area contributed by atoms with Crippen molar-refractivity contribution in [3.63, 3.8) is 0 Å². The Bertz CT molecular complexity index is 1720. The second-order valence-electron chi connectivity index (χ2n) is 10.5. The van der Waals surface area contributed by atoms with Gasteiger partial charge in [0.05, 0.1) is 12.1 Å². The normalized spacial score (nSPS) is 17.5. The van der Waals surface area contributed by atoms with Crippen LogP contribution in [-0.2, 0) is 26.1 Å². The fourth-order valence-electron chi connectivity index (χ4n) is 5.35. The Morgan fingerprint density at radius 3 is 2.04 bits per heavy atom. The Balaban J connectivity index is 1.49. The summed E-state index contributed by atoms with van der Waals surface area (Å²) in [5.74, 6) is -14.9. The van der Waals surface area contributed by atoms with Crippen molar-refractivity contribution < 1.29 is 55.0 Å². The topological polar surface area (TPSA) is 136 Å². The SMILES string of the molecule is O=C(NO)c1ccc(N(Cc2ccc(C3CCOCC3)cc2)C(=O)[C@H]2CCN2S(=O)(=O)c2c(F)c(F)c(F)c(F)c2F)cc1O. The lowest BCUT2D eigenvalue weighted by Gasteiger charge is -2.41. The van der Waals surface area contributed by atoms with Crippen LogP contribution in [0.1, 0.15) is 46.7 Å². The number of hydrogen-bond acceptors (Lipinski definition) is 7. The van der Waals surface area contributed by atoms with Crippen LogP contribution in [0.5, 0.6) is 5.75 Å². The molecule has 2 amide bonds. The van der Waals surface area contributed by atoms with E-state index in [1.165, 1.54) is 11.5 Å². The molecule has 1 atom stereocenters. The Kier molecular flexibility index (Phi) is 9.11. The van der Waals surface area contributed by atoms with Gasteiger partial charge in [0.1, 0.15) is 11.8 Å². The average molecular weight is 656 g/mol. The number of rotatable bonds is 8. The van der Waals surface area contributed by atoms with Gasteiger partial charge in [-0.05, 0) is 48.4 Å². The van der Waals surface area contributed by atoms with Gasteiger partial charge in [-0.3, -0.25) is 14.8 Å². The van der Waals surface area contributed by atoms with Crippen LogP contribution in [0.4, 0.5) is 27.6 Å². The maximum atomic E-state index is 14.5. The molecular formula is C29H26F5N3O7S. The molecule has 16 heteroatoms. The zero-order valence-corrected chi connectivity index (χ0v) is 24.1. The number of hydrogen-bond donors (Lipinski definition) is 3. The number of aromatic hydroxyl groups is 1. The highest BCUT2D eigenvalue weighted by molar-refractivity contribution is 7.89. The quantitative estimate of drug-likeness (QED) is 0.109. The third kappa shape index (κ3) is 5.97. The zero-order chi connectivity index (χ0) is 32.6. The number of halogens is 5. The molecule has 45 heavy (non-hydrogen) atoms. The number of sulfonamides is 1. The highest BCUT2D eigenvalue weighted by Gasteiger charge is 2.48. The summed E-state index contributed by atoms with van der Waals surface area (Å²) in [4.78, 5) is 24.7. The van der Waals surface area contributed by atoms with Crippen LogP contribution in [0.2, 0.25) is 0 Å². The smallest absolute Gasteiger partial charge is 0.278 e. The van der Waals surface area contributed by atoms with Crippen molar-refractivity contribution >= 4 is 27.5 Å². The van der Waals surface area contributed by atoms with Gasteiger partial charge in [0.25, 0.3) is 5.91 Å². The van der Waals surface area contributed by atoms with Crippen LogP contribution < -0.4 is 10.4 Å². The summed E-state index contributed by atoms with van der Waals surface area (Å²) in [5, 5.41) is 19.4. The van der Waals surface area contributed by atoms with Gasteiger partial charge in [0, 0.05) is 31.5 Å². The van der Waals surface area contributed by atoms with Crippen LogP contribution in [0, 0.1) is 29.1 Å². The standard InChI is InChI=1S/C29H26F5N3O7S/c30-22-23(31)25(33)27(26(34)24(22)32)45(42,43)37-10-7-20(37)29(40)36(18-5-6-19(21(38)13-18)28(39)35-41)14-15-1-3-16(4-2-15)17-8-11-44-12-9-17/h1-6,13,17,20,38,41H,7-12,14H2,(H,35,39)/t20-/m1/s1. The molecule has 10 nitrogen and oxygen atoms in total. The number of carbonyl (C=O) groups excluding carboxylic acids is 2. The van der Waals surface area contributed by atoms with Crippen molar-refractivity contribution in [2.24, 2.45) is 0 Å². The fraction of sp³-hybridized carbons (Fsp3) is 0.310. The van der Waals surface area contributed by atoms with Gasteiger partial charge in [-0.2, -0.15) is 4.31 Å². The molecule has 5 rings (SSSR count). The summed E-state index contributed by atoms with van der Waals surface area (Å²) < 4.78 is 102. The van der Waals surface area contributed by atoms with E-state index in [-0.39, 0.29) is 30.1 Å². The van der Waals surface area contributed by atoms with Crippen LogP contribution >= 0.6 is 0 Å². The van der Waals surface area contributed by atoms with E-state index in [1.54, 1.807) is 12.1 Å². The van der Waals surface area contributed by atoms with E-state index in [9.17, 15) is 45.1 Å². The van der Waals surface area contributed by atoms with Crippen molar-refractivity contribution in [1.82, 2.24) is 9.79 Å². The molecule has 2 fully saturated rings. The molecule has 2 saturated heterocycles. The molecule has 0 spiro atoms. The molecule has 2 aliphatic rings. The summed E-state index contributed by atoms with van der Waals surface area (Å²) in [5.41, 5.74) is 2.58. The maximum absolute atomic E-state index is 14.5. The van der Waals surface area contributed by atoms with E-state index in [2.05, 4.69) is 0 Å². The molecule has 0 radical (unpaired) electrons. The minimum atomic E-state index is -5.41. The minimum absolute atomic E-state index is 0.0269. The van der Waals surface area contributed by atoms with Gasteiger partial charge in [-0.1, -0.05) is 24.3 Å². The van der Waals surface area contributed by atoms with Crippen molar-refractivity contribution in [2.75, 3.05) is 24.7 Å². The highest BCUT2D eigenvalue weighted by atomic mass is 32.2. The minimum Gasteiger partial charge on any atom is -0.507 e. The number of phenolic OH excluding ortho intramolecular Hbond substituents is 1. The van der Waals surface area contributed by atoms with Crippen molar-refractivity contribution in [3.8, 4) is 5.75 Å². The second-order valence-corrected chi connectivity index (χ2v) is 12.3. The largest absolute Gasteiger partial charge is 0.507 e. The fourth-order valence-corrected chi connectivity index (χ4v) is 7.09. The lowest BCUT2D eigenvalue weighted by molar-refractivity contribution is -0.125. The molecule has 3 aromatic carbocycles. The van der Waals surface area contributed by atoms with Gasteiger partial charge in [-0.25, -0.2) is 35.8 Å². The number of phenols is 1. The first-order valence-electron chi connectivity index (χ1n) is 13.7. The maximum Gasteiger partial charge on any atom is 0.278 e. The number of nitrogens with zero attached hydrogens (tertiary/aromatic N) is 2. The van der Waals surface area contributed by atoms with Crippen LogP contribution in [0.25, 0.3) is 0 Å². The molecular weight excluding hydrogens is 629 g/mol. The van der Waals surface area contributed by atoms with E-state index in [0.717, 1.165) is 35.4 Å². The molecule has 0 unspecified atom stereocenters. The van der Waals surface area contributed by atoms with Gasteiger partial charge >= 0.3 is 0 Å². The molecule has 3 aromatic rings. The Labute approximate surface area is 253 Å². The van der Waals surface area contributed by atoms with E-state index < -0.39 is 74.2 Å². The molecule has 0 aromatic heterocycles. The molecule has 2 aliphatic heterocycles. The monoisotopic (exact) mass is 655 g/mol. The molecule has 2 heterocycles.